The molecule has 0 fully saturated rings. The Hall–Kier alpha value is -2.81. The van der Waals surface area contributed by atoms with Gasteiger partial charge in [-0.1, -0.05) is 54.6 Å². The number of hydrogen-bond acceptors (Lipinski definition) is 2. The first kappa shape index (κ1) is 16.1. The van der Waals surface area contributed by atoms with E-state index >= 15 is 0 Å². The summed E-state index contributed by atoms with van der Waals surface area (Å²) in [5, 5.41) is 2.27. The van der Waals surface area contributed by atoms with Crippen molar-refractivity contribution < 1.29 is 9.53 Å². The highest BCUT2D eigenvalue weighted by Crippen LogP contribution is 2.20. The Morgan fingerprint density at radius 3 is 2.46 bits per heavy atom. The van der Waals surface area contributed by atoms with Crippen LogP contribution in [0.5, 0.6) is 5.75 Å². The number of carbonyl (C=O) groups is 1. The maximum atomic E-state index is 12.3. The Bertz CT molecular complexity index is 857. The van der Waals surface area contributed by atoms with Crippen molar-refractivity contribution in [3.63, 3.8) is 0 Å². The molecular formula is C21H21NO2. The van der Waals surface area contributed by atoms with Crippen LogP contribution in [0.2, 0.25) is 0 Å². The third-order valence-electron chi connectivity index (χ3n) is 4.18. The van der Waals surface area contributed by atoms with Crippen LogP contribution >= 0.6 is 0 Å². The molecule has 0 spiro atoms. The molecule has 24 heavy (non-hydrogen) atoms. The van der Waals surface area contributed by atoms with E-state index in [1.165, 1.54) is 5.56 Å². The lowest BCUT2D eigenvalue weighted by molar-refractivity contribution is -0.132. The number of ether oxygens (including phenoxy) is 1. The standard InChI is InChI=1S/C21H21NO2/c1-16-7-3-4-10-19(16)14-22(2)21(23)15-24-20-12-11-17-8-5-6-9-18(17)13-20/h3-13H,14-15H2,1-2H3. The summed E-state index contributed by atoms with van der Waals surface area (Å²) in [5.74, 6) is 0.678. The Morgan fingerprint density at radius 1 is 0.958 bits per heavy atom. The first-order chi connectivity index (χ1) is 11.6. The van der Waals surface area contributed by atoms with Crippen LogP contribution in [0.4, 0.5) is 0 Å². The first-order valence-electron chi connectivity index (χ1n) is 8.03. The third-order valence-corrected chi connectivity index (χ3v) is 4.18. The number of nitrogens with zero attached hydrogens (tertiary/aromatic N) is 1. The van der Waals surface area contributed by atoms with Crippen LogP contribution in [0.3, 0.4) is 0 Å². The molecule has 0 saturated carbocycles. The fourth-order valence-corrected chi connectivity index (χ4v) is 2.64. The van der Waals surface area contributed by atoms with Gasteiger partial charge in [0.15, 0.2) is 6.61 Å². The minimum absolute atomic E-state index is 0.0357. The van der Waals surface area contributed by atoms with Gasteiger partial charge in [-0.2, -0.15) is 0 Å². The smallest absolute Gasteiger partial charge is 0.260 e. The molecule has 0 radical (unpaired) electrons. The SMILES string of the molecule is Cc1ccccc1CN(C)C(=O)COc1ccc2ccccc2c1. The molecule has 3 nitrogen and oxygen atoms in total. The quantitative estimate of drug-likeness (QED) is 0.706. The van der Waals surface area contributed by atoms with Crippen molar-refractivity contribution in [1.82, 2.24) is 4.90 Å². The Morgan fingerprint density at radius 2 is 1.67 bits per heavy atom. The van der Waals surface area contributed by atoms with Crippen molar-refractivity contribution in [2.75, 3.05) is 13.7 Å². The van der Waals surface area contributed by atoms with Gasteiger partial charge in [0.05, 0.1) is 0 Å². The molecule has 1 amide bonds. The average Bonchev–Trinajstić information content (AvgIpc) is 2.61. The normalized spacial score (nSPS) is 10.6. The Balaban J connectivity index is 1.60. The molecule has 0 aliphatic carbocycles. The molecule has 122 valence electrons. The van der Waals surface area contributed by atoms with Gasteiger partial charge in [0.2, 0.25) is 0 Å². The maximum Gasteiger partial charge on any atom is 0.260 e. The monoisotopic (exact) mass is 319 g/mol. The van der Waals surface area contributed by atoms with E-state index in [2.05, 4.69) is 19.1 Å². The number of amides is 1. The maximum absolute atomic E-state index is 12.3. The molecule has 0 atom stereocenters. The van der Waals surface area contributed by atoms with Crippen LogP contribution in [-0.4, -0.2) is 24.5 Å². The molecule has 3 aromatic carbocycles. The Kier molecular flexibility index (Phi) is 4.80. The molecule has 0 bridgehead atoms. The molecule has 0 heterocycles. The predicted molar refractivity (Wildman–Crippen MR) is 97.1 cm³/mol. The van der Waals surface area contributed by atoms with Gasteiger partial charge >= 0.3 is 0 Å². The fraction of sp³-hybridized carbons (Fsp3) is 0.190. The lowest BCUT2D eigenvalue weighted by Crippen LogP contribution is -2.31. The average molecular weight is 319 g/mol. The zero-order valence-electron chi connectivity index (χ0n) is 14.0. The van der Waals surface area contributed by atoms with Gasteiger partial charge in [0.1, 0.15) is 5.75 Å². The first-order valence-corrected chi connectivity index (χ1v) is 8.03. The minimum Gasteiger partial charge on any atom is -0.484 e. The highest BCUT2D eigenvalue weighted by molar-refractivity contribution is 5.84. The van der Waals surface area contributed by atoms with E-state index in [1.54, 1.807) is 11.9 Å². The number of likely N-dealkylation sites (N-methyl/N-ethyl adjacent to an activating group) is 1. The molecule has 3 rings (SSSR count). The number of benzene rings is 3. The highest BCUT2D eigenvalue weighted by atomic mass is 16.5. The topological polar surface area (TPSA) is 29.5 Å². The molecule has 0 saturated heterocycles. The molecule has 3 heteroatoms. The van der Waals surface area contributed by atoms with Crippen molar-refractivity contribution in [3.05, 3.63) is 77.9 Å². The van der Waals surface area contributed by atoms with Gasteiger partial charge in [-0.3, -0.25) is 4.79 Å². The van der Waals surface area contributed by atoms with Crippen LogP contribution < -0.4 is 4.74 Å². The summed E-state index contributed by atoms with van der Waals surface area (Å²) in [6.45, 7) is 2.69. The van der Waals surface area contributed by atoms with Crippen molar-refractivity contribution >= 4 is 16.7 Å². The lowest BCUT2D eigenvalue weighted by atomic mass is 10.1. The molecule has 0 unspecified atom stereocenters. The second-order valence-electron chi connectivity index (χ2n) is 5.97. The van der Waals surface area contributed by atoms with E-state index in [0.29, 0.717) is 12.3 Å². The largest absolute Gasteiger partial charge is 0.484 e. The molecular weight excluding hydrogens is 298 g/mol. The van der Waals surface area contributed by atoms with Gasteiger partial charge in [-0.05, 0) is 41.0 Å². The zero-order valence-corrected chi connectivity index (χ0v) is 14.0. The number of fused-ring (bicyclic) bond motifs is 1. The molecule has 0 N–H and O–H groups in total. The van der Waals surface area contributed by atoms with E-state index in [1.807, 2.05) is 54.6 Å². The lowest BCUT2D eigenvalue weighted by Gasteiger charge is -2.18. The van der Waals surface area contributed by atoms with Crippen LogP contribution in [0, 0.1) is 6.92 Å². The van der Waals surface area contributed by atoms with Crippen LogP contribution in [0.1, 0.15) is 11.1 Å². The van der Waals surface area contributed by atoms with E-state index < -0.39 is 0 Å². The number of carbonyl (C=O) groups excluding carboxylic acids is 1. The van der Waals surface area contributed by atoms with E-state index in [9.17, 15) is 4.79 Å². The Labute approximate surface area is 142 Å². The van der Waals surface area contributed by atoms with Gasteiger partial charge in [0, 0.05) is 13.6 Å². The summed E-state index contributed by atoms with van der Waals surface area (Å²) in [5.41, 5.74) is 2.34. The zero-order chi connectivity index (χ0) is 16.9. The summed E-state index contributed by atoms with van der Waals surface area (Å²) in [4.78, 5) is 14.0. The number of rotatable bonds is 5. The summed E-state index contributed by atoms with van der Waals surface area (Å²) in [6.07, 6.45) is 0. The summed E-state index contributed by atoms with van der Waals surface area (Å²) >= 11 is 0. The minimum atomic E-state index is -0.0357. The third kappa shape index (κ3) is 3.74. The second-order valence-corrected chi connectivity index (χ2v) is 5.97. The fourth-order valence-electron chi connectivity index (χ4n) is 2.64. The summed E-state index contributed by atoms with van der Waals surface area (Å²) < 4.78 is 5.67. The van der Waals surface area contributed by atoms with Crippen molar-refractivity contribution in [1.29, 1.82) is 0 Å². The van der Waals surface area contributed by atoms with Crippen molar-refractivity contribution in [2.45, 2.75) is 13.5 Å². The van der Waals surface area contributed by atoms with Crippen LogP contribution in [0.25, 0.3) is 10.8 Å². The van der Waals surface area contributed by atoms with Crippen molar-refractivity contribution in [2.24, 2.45) is 0 Å². The van der Waals surface area contributed by atoms with E-state index in [0.717, 1.165) is 16.3 Å². The molecule has 3 aromatic rings. The number of hydrogen-bond donors (Lipinski definition) is 0. The number of aryl methyl sites for hydroxylation is 1. The molecule has 0 aliphatic heterocycles. The summed E-state index contributed by atoms with van der Waals surface area (Å²) in [7, 11) is 1.80. The highest BCUT2D eigenvalue weighted by Gasteiger charge is 2.11. The van der Waals surface area contributed by atoms with Gasteiger partial charge in [0.25, 0.3) is 5.91 Å². The second kappa shape index (κ2) is 7.18. The van der Waals surface area contributed by atoms with Crippen molar-refractivity contribution in [3.8, 4) is 5.75 Å². The van der Waals surface area contributed by atoms with Crippen LogP contribution in [0.15, 0.2) is 66.7 Å². The van der Waals surface area contributed by atoms with Gasteiger partial charge in [-0.25, -0.2) is 0 Å². The van der Waals surface area contributed by atoms with Crippen LogP contribution in [-0.2, 0) is 11.3 Å². The summed E-state index contributed by atoms with van der Waals surface area (Å²) in [6, 6.07) is 22.1. The molecule has 0 aromatic heterocycles. The van der Waals surface area contributed by atoms with E-state index in [4.69, 9.17) is 4.74 Å². The van der Waals surface area contributed by atoms with Gasteiger partial charge < -0.3 is 9.64 Å². The van der Waals surface area contributed by atoms with E-state index in [-0.39, 0.29) is 12.5 Å². The van der Waals surface area contributed by atoms with Gasteiger partial charge in [-0.15, -0.1) is 0 Å². The molecule has 0 aliphatic rings. The predicted octanol–water partition coefficient (Wildman–Crippen LogP) is 4.19.